The molecule has 0 bridgehead atoms. The molecule has 0 aromatic heterocycles. The average molecular weight is 472 g/mol. The summed E-state index contributed by atoms with van der Waals surface area (Å²) in [7, 11) is -1.85. The molecule has 178 valence electrons. The smallest absolute Gasteiger partial charge is 0.251 e. The van der Waals surface area contributed by atoms with Crippen molar-refractivity contribution in [3.8, 4) is 5.75 Å². The van der Waals surface area contributed by atoms with E-state index in [1.165, 1.54) is 0 Å². The van der Waals surface area contributed by atoms with Gasteiger partial charge in [0.05, 0.1) is 18.0 Å². The highest BCUT2D eigenvalue weighted by molar-refractivity contribution is 7.89. The van der Waals surface area contributed by atoms with Crippen molar-refractivity contribution in [3.05, 3.63) is 59.7 Å². The van der Waals surface area contributed by atoms with Gasteiger partial charge in [-0.15, -0.1) is 0 Å². The van der Waals surface area contributed by atoms with Gasteiger partial charge in [0.1, 0.15) is 5.75 Å². The third kappa shape index (κ3) is 5.57. The van der Waals surface area contributed by atoms with Crippen molar-refractivity contribution >= 4 is 15.9 Å². The van der Waals surface area contributed by atoms with Crippen LogP contribution in [0.1, 0.15) is 54.1 Å². The third-order valence-electron chi connectivity index (χ3n) is 6.59. The van der Waals surface area contributed by atoms with Gasteiger partial charge in [0.15, 0.2) is 0 Å². The van der Waals surface area contributed by atoms with Gasteiger partial charge in [0.25, 0.3) is 5.91 Å². The number of likely N-dealkylation sites (tertiary alicyclic amines) is 1. The summed E-state index contributed by atoms with van der Waals surface area (Å²) in [6, 6.07) is 14.3. The fraction of sp³-hybridized carbons (Fsp3) is 0.480. The first-order valence-corrected chi connectivity index (χ1v) is 13.2. The van der Waals surface area contributed by atoms with Crippen molar-refractivity contribution < 1.29 is 17.9 Å². The molecule has 0 radical (unpaired) electrons. The summed E-state index contributed by atoms with van der Waals surface area (Å²) in [5.74, 6) is 0.595. The topological polar surface area (TPSA) is 78.9 Å². The van der Waals surface area contributed by atoms with E-state index in [0.29, 0.717) is 25.2 Å². The highest BCUT2D eigenvalue weighted by Crippen LogP contribution is 2.27. The van der Waals surface area contributed by atoms with E-state index in [2.05, 4.69) is 16.3 Å². The zero-order chi connectivity index (χ0) is 23.3. The molecule has 2 aromatic carbocycles. The Kier molecular flexibility index (Phi) is 7.67. The molecule has 4 rings (SSSR count). The van der Waals surface area contributed by atoms with Gasteiger partial charge in [-0.2, -0.15) is 4.31 Å². The highest BCUT2D eigenvalue weighted by Gasteiger charge is 2.27. The van der Waals surface area contributed by atoms with Crippen LogP contribution in [0.5, 0.6) is 5.75 Å². The molecule has 0 unspecified atom stereocenters. The largest absolute Gasteiger partial charge is 0.497 e. The van der Waals surface area contributed by atoms with E-state index in [4.69, 9.17) is 4.74 Å². The van der Waals surface area contributed by atoms with Crippen molar-refractivity contribution in [2.24, 2.45) is 0 Å². The molecular weight excluding hydrogens is 438 g/mol. The minimum atomic E-state index is -3.50. The van der Waals surface area contributed by atoms with Crippen molar-refractivity contribution in [2.45, 2.75) is 43.0 Å². The Morgan fingerprint density at radius 1 is 0.970 bits per heavy atom. The van der Waals surface area contributed by atoms with Crippen LogP contribution in [-0.4, -0.2) is 63.4 Å². The minimum Gasteiger partial charge on any atom is -0.497 e. The maximum atomic E-state index is 12.9. The first-order valence-electron chi connectivity index (χ1n) is 11.8. The highest BCUT2D eigenvalue weighted by atomic mass is 32.2. The van der Waals surface area contributed by atoms with E-state index in [-0.39, 0.29) is 16.8 Å². The molecule has 2 fully saturated rings. The van der Waals surface area contributed by atoms with Crippen molar-refractivity contribution in [1.29, 1.82) is 0 Å². The van der Waals surface area contributed by atoms with E-state index in [1.807, 2.05) is 18.2 Å². The van der Waals surface area contributed by atoms with E-state index in [0.717, 1.165) is 56.5 Å². The molecule has 33 heavy (non-hydrogen) atoms. The van der Waals surface area contributed by atoms with Crippen LogP contribution in [-0.2, 0) is 10.0 Å². The van der Waals surface area contributed by atoms with Crippen LogP contribution in [0.2, 0.25) is 0 Å². The molecule has 0 spiro atoms. The minimum absolute atomic E-state index is 0.0605. The SMILES string of the molecule is COc1cccc([C@H](CNC(=O)c2ccc(S(=O)(=O)N3CCCCC3)cc2)N2CCCC2)c1. The molecule has 1 amide bonds. The number of nitrogens with zero attached hydrogens (tertiary/aromatic N) is 2. The van der Waals surface area contributed by atoms with E-state index >= 15 is 0 Å². The number of sulfonamides is 1. The van der Waals surface area contributed by atoms with E-state index < -0.39 is 10.0 Å². The van der Waals surface area contributed by atoms with Gasteiger partial charge in [0, 0.05) is 25.2 Å². The number of ether oxygens (including phenoxy) is 1. The maximum absolute atomic E-state index is 12.9. The van der Waals surface area contributed by atoms with Gasteiger partial charge >= 0.3 is 0 Å². The first-order chi connectivity index (χ1) is 16.0. The Hall–Kier alpha value is -2.42. The third-order valence-corrected chi connectivity index (χ3v) is 8.50. The summed E-state index contributed by atoms with van der Waals surface area (Å²) >= 11 is 0. The second-order valence-corrected chi connectivity index (χ2v) is 10.7. The molecule has 2 aliphatic heterocycles. The van der Waals surface area contributed by atoms with Crippen LogP contribution >= 0.6 is 0 Å². The van der Waals surface area contributed by atoms with Gasteiger partial charge in [-0.1, -0.05) is 18.6 Å². The molecule has 7 nitrogen and oxygen atoms in total. The van der Waals surface area contributed by atoms with Crippen molar-refractivity contribution in [1.82, 2.24) is 14.5 Å². The number of hydrogen-bond donors (Lipinski definition) is 1. The van der Waals surface area contributed by atoms with Crippen LogP contribution in [0.3, 0.4) is 0 Å². The first kappa shape index (κ1) is 23.7. The number of carbonyl (C=O) groups is 1. The van der Waals surface area contributed by atoms with Crippen LogP contribution in [0, 0.1) is 0 Å². The lowest BCUT2D eigenvalue weighted by atomic mass is 10.0. The molecule has 0 saturated carbocycles. The molecule has 2 aliphatic rings. The normalized spacial score (nSPS) is 18.7. The number of piperidine rings is 1. The Balaban J connectivity index is 1.44. The summed E-state index contributed by atoms with van der Waals surface area (Å²) in [6.45, 7) is 3.60. The van der Waals surface area contributed by atoms with Crippen molar-refractivity contribution in [2.75, 3.05) is 39.8 Å². The summed E-state index contributed by atoms with van der Waals surface area (Å²) in [5.41, 5.74) is 1.57. The van der Waals surface area contributed by atoms with Gasteiger partial charge in [-0.3, -0.25) is 9.69 Å². The van der Waals surface area contributed by atoms with Crippen molar-refractivity contribution in [3.63, 3.8) is 0 Å². The molecular formula is C25H33N3O4S. The predicted octanol–water partition coefficient (Wildman–Crippen LogP) is 3.44. The monoisotopic (exact) mass is 471 g/mol. The lowest BCUT2D eigenvalue weighted by molar-refractivity contribution is 0.0938. The Morgan fingerprint density at radius 2 is 1.64 bits per heavy atom. The number of methoxy groups -OCH3 is 1. The maximum Gasteiger partial charge on any atom is 0.251 e. The number of hydrogen-bond acceptors (Lipinski definition) is 5. The Morgan fingerprint density at radius 3 is 2.30 bits per heavy atom. The molecule has 1 N–H and O–H groups in total. The van der Waals surface area contributed by atoms with Crippen LogP contribution in [0.15, 0.2) is 53.4 Å². The quantitative estimate of drug-likeness (QED) is 0.638. The fourth-order valence-electron chi connectivity index (χ4n) is 4.68. The number of nitrogens with one attached hydrogen (secondary N) is 1. The second kappa shape index (κ2) is 10.7. The standard InChI is InChI=1S/C25H33N3O4S/c1-32-22-9-7-8-21(18-22)24(27-14-5-6-15-27)19-26-25(29)20-10-12-23(13-11-20)33(30,31)28-16-3-2-4-17-28/h7-13,18,24H,2-6,14-17,19H2,1H3,(H,26,29)/t24-/m0/s1. The zero-order valence-electron chi connectivity index (χ0n) is 19.2. The molecule has 8 heteroatoms. The number of rotatable bonds is 8. The Labute approximate surface area is 196 Å². The number of carbonyl (C=O) groups excluding carboxylic acids is 1. The Bertz CT molecular complexity index is 1040. The lowest BCUT2D eigenvalue weighted by Crippen LogP contribution is -2.37. The fourth-order valence-corrected chi connectivity index (χ4v) is 6.20. The van der Waals surface area contributed by atoms with E-state index in [1.54, 1.807) is 35.7 Å². The number of benzene rings is 2. The molecule has 2 heterocycles. The second-order valence-electron chi connectivity index (χ2n) is 8.73. The zero-order valence-corrected chi connectivity index (χ0v) is 20.0. The van der Waals surface area contributed by atoms with Crippen LogP contribution < -0.4 is 10.1 Å². The van der Waals surface area contributed by atoms with Gasteiger partial charge in [-0.25, -0.2) is 8.42 Å². The summed E-state index contributed by atoms with van der Waals surface area (Å²) in [6.07, 6.45) is 5.17. The summed E-state index contributed by atoms with van der Waals surface area (Å²) in [5, 5.41) is 3.05. The molecule has 0 aliphatic carbocycles. The van der Waals surface area contributed by atoms with Gasteiger partial charge in [-0.05, 0) is 80.7 Å². The average Bonchev–Trinajstić information content (AvgIpc) is 3.39. The summed E-state index contributed by atoms with van der Waals surface area (Å²) < 4.78 is 32.6. The van der Waals surface area contributed by atoms with Crippen LogP contribution in [0.25, 0.3) is 0 Å². The molecule has 2 saturated heterocycles. The van der Waals surface area contributed by atoms with Gasteiger partial charge in [0.2, 0.25) is 10.0 Å². The number of amides is 1. The predicted molar refractivity (Wildman–Crippen MR) is 128 cm³/mol. The van der Waals surface area contributed by atoms with Gasteiger partial charge < -0.3 is 10.1 Å². The van der Waals surface area contributed by atoms with E-state index in [9.17, 15) is 13.2 Å². The molecule has 1 atom stereocenters. The van der Waals surface area contributed by atoms with Crippen LogP contribution in [0.4, 0.5) is 0 Å². The lowest BCUT2D eigenvalue weighted by Gasteiger charge is -2.28. The molecule has 2 aromatic rings. The summed E-state index contributed by atoms with van der Waals surface area (Å²) in [4.78, 5) is 15.5.